The molecule has 0 radical (unpaired) electrons. The average molecular weight is 451 g/mol. The molecule has 2 amide bonds. The third-order valence-corrected chi connectivity index (χ3v) is 5.74. The van der Waals surface area contributed by atoms with E-state index in [-0.39, 0.29) is 10.7 Å². The van der Waals surface area contributed by atoms with E-state index >= 15 is 0 Å². The number of ether oxygens (including phenoxy) is 2. The fourth-order valence-corrected chi connectivity index (χ4v) is 3.54. The van der Waals surface area contributed by atoms with Gasteiger partial charge in [0.1, 0.15) is 12.2 Å². The normalized spacial score (nSPS) is 14.0. The number of nitrogens with zero attached hydrogens (tertiary/aromatic N) is 2. The lowest BCUT2D eigenvalue weighted by Gasteiger charge is -2.31. The van der Waals surface area contributed by atoms with Crippen molar-refractivity contribution in [1.29, 1.82) is 0 Å². The zero-order chi connectivity index (χ0) is 23.4. The molecule has 7 heteroatoms. The van der Waals surface area contributed by atoms with E-state index in [0.717, 1.165) is 11.1 Å². The van der Waals surface area contributed by atoms with E-state index in [1.54, 1.807) is 39.4 Å². The van der Waals surface area contributed by atoms with E-state index in [2.05, 4.69) is 6.58 Å². The van der Waals surface area contributed by atoms with Crippen molar-refractivity contribution in [2.45, 2.75) is 20.0 Å². The predicted octanol–water partition coefficient (Wildman–Crippen LogP) is 3.91. The minimum Gasteiger partial charge on any atom is -0.493 e. The van der Waals surface area contributed by atoms with Crippen LogP contribution in [-0.4, -0.2) is 47.9 Å². The van der Waals surface area contributed by atoms with Crippen molar-refractivity contribution >= 4 is 35.2 Å². The molecule has 6 nitrogen and oxygen atoms in total. The molecule has 1 aliphatic rings. The highest BCUT2D eigenvalue weighted by molar-refractivity contribution is 7.80. The fourth-order valence-electron chi connectivity index (χ4n) is 3.37. The minimum absolute atomic E-state index is 0.0310. The zero-order valence-corrected chi connectivity index (χ0v) is 19.5. The number of carbonyl (C=O) groups is 2. The van der Waals surface area contributed by atoms with Crippen molar-refractivity contribution in [3.05, 3.63) is 76.9 Å². The third-order valence-electron chi connectivity index (χ3n) is 5.20. The van der Waals surface area contributed by atoms with Gasteiger partial charge in [-0.2, -0.15) is 0 Å². The fraction of sp³-hybridized carbons (Fsp3) is 0.240. The summed E-state index contributed by atoms with van der Waals surface area (Å²) in [7, 11) is 4.65. The van der Waals surface area contributed by atoms with E-state index in [9.17, 15) is 9.59 Å². The lowest BCUT2D eigenvalue weighted by Crippen LogP contribution is -2.52. The van der Waals surface area contributed by atoms with E-state index in [0.29, 0.717) is 30.1 Å². The molecule has 0 aliphatic carbocycles. The van der Waals surface area contributed by atoms with Crippen LogP contribution < -0.4 is 9.47 Å². The van der Waals surface area contributed by atoms with Crippen LogP contribution in [0, 0.1) is 6.92 Å². The Balaban J connectivity index is 1.98. The number of hydrogen-bond acceptors (Lipinski definition) is 5. The summed E-state index contributed by atoms with van der Waals surface area (Å²) in [6.45, 7) is 6.25. The van der Waals surface area contributed by atoms with Gasteiger partial charge in [-0.15, -0.1) is 6.58 Å². The van der Waals surface area contributed by atoms with E-state index < -0.39 is 11.8 Å². The maximum Gasteiger partial charge on any atom is 0.265 e. The van der Waals surface area contributed by atoms with Gasteiger partial charge in [0, 0.05) is 19.7 Å². The molecule has 3 rings (SSSR count). The Morgan fingerprint density at radius 1 is 1.06 bits per heavy atom. The largest absolute Gasteiger partial charge is 0.493 e. The number of allylic oxidation sites excluding steroid dienone is 1. The van der Waals surface area contributed by atoms with Crippen LogP contribution >= 0.6 is 12.2 Å². The molecule has 2 aromatic rings. The number of likely N-dealkylation sites (N-methyl/N-ethyl adjacent to an activating group) is 2. The van der Waals surface area contributed by atoms with E-state index in [1.165, 1.54) is 15.4 Å². The number of rotatable bonds is 7. The Morgan fingerprint density at radius 2 is 1.69 bits per heavy atom. The molecule has 1 saturated heterocycles. The summed E-state index contributed by atoms with van der Waals surface area (Å²) in [6.07, 6.45) is 3.85. The number of hydrogen-bond donors (Lipinski definition) is 0. The van der Waals surface area contributed by atoms with Gasteiger partial charge in [0.2, 0.25) is 0 Å². The third kappa shape index (κ3) is 4.73. The Hall–Kier alpha value is -3.45. The number of thiocarbonyl (C=S) groups is 1. The number of amides is 2. The van der Waals surface area contributed by atoms with Gasteiger partial charge in [0.15, 0.2) is 16.6 Å². The van der Waals surface area contributed by atoms with Gasteiger partial charge in [-0.05, 0) is 54.9 Å². The molecule has 1 fully saturated rings. The highest BCUT2D eigenvalue weighted by atomic mass is 32.1. The smallest absolute Gasteiger partial charge is 0.265 e. The van der Waals surface area contributed by atoms with Crippen LogP contribution in [0.3, 0.4) is 0 Å². The van der Waals surface area contributed by atoms with E-state index in [4.69, 9.17) is 21.7 Å². The van der Waals surface area contributed by atoms with Gasteiger partial charge >= 0.3 is 0 Å². The van der Waals surface area contributed by atoms with Crippen molar-refractivity contribution in [1.82, 2.24) is 9.80 Å². The summed E-state index contributed by atoms with van der Waals surface area (Å²) in [5.74, 6) is 0.229. The van der Waals surface area contributed by atoms with Gasteiger partial charge in [0.25, 0.3) is 11.8 Å². The molecule has 32 heavy (non-hydrogen) atoms. The first-order valence-corrected chi connectivity index (χ1v) is 10.5. The molecule has 0 atom stereocenters. The zero-order valence-electron chi connectivity index (χ0n) is 18.7. The second-order valence-corrected chi connectivity index (χ2v) is 7.91. The van der Waals surface area contributed by atoms with Crippen LogP contribution in [-0.2, 0) is 22.6 Å². The maximum atomic E-state index is 12.7. The second-order valence-electron chi connectivity index (χ2n) is 7.55. The number of methoxy groups -OCH3 is 1. The first-order valence-electron chi connectivity index (χ1n) is 10.1. The monoisotopic (exact) mass is 450 g/mol. The molecule has 2 aromatic carbocycles. The summed E-state index contributed by atoms with van der Waals surface area (Å²) in [6, 6.07) is 11.7. The molecule has 0 spiro atoms. The Bertz CT molecular complexity index is 1080. The highest BCUT2D eigenvalue weighted by Gasteiger charge is 2.35. The van der Waals surface area contributed by atoms with Crippen LogP contribution in [0.25, 0.3) is 6.08 Å². The number of benzene rings is 2. The SMILES string of the molecule is C=CCc1cc(C=C2C(=O)N(C)C(=S)N(C)C2=O)cc(OC)c1OCc1ccc(C)cc1. The number of aryl methyl sites for hydroxylation is 1. The molecule has 0 saturated carbocycles. The molecule has 0 bridgehead atoms. The first kappa shape index (κ1) is 23.2. The maximum absolute atomic E-state index is 12.7. The molecule has 0 N–H and O–H groups in total. The Labute approximate surface area is 193 Å². The molecule has 1 heterocycles. The second kappa shape index (κ2) is 9.78. The predicted molar refractivity (Wildman–Crippen MR) is 129 cm³/mol. The molecule has 1 aliphatic heterocycles. The van der Waals surface area contributed by atoms with Gasteiger partial charge < -0.3 is 9.47 Å². The Morgan fingerprint density at radius 3 is 2.25 bits per heavy atom. The van der Waals surface area contributed by atoms with Crippen molar-refractivity contribution < 1.29 is 19.1 Å². The van der Waals surface area contributed by atoms with Crippen molar-refractivity contribution in [3.8, 4) is 11.5 Å². The van der Waals surface area contributed by atoms with Gasteiger partial charge in [-0.1, -0.05) is 35.9 Å². The van der Waals surface area contributed by atoms with Crippen LogP contribution in [0.4, 0.5) is 0 Å². The lowest BCUT2D eigenvalue weighted by molar-refractivity contribution is -0.132. The molecule has 166 valence electrons. The van der Waals surface area contributed by atoms with Crippen LogP contribution in [0.5, 0.6) is 11.5 Å². The van der Waals surface area contributed by atoms with Gasteiger partial charge in [-0.25, -0.2) is 0 Å². The van der Waals surface area contributed by atoms with Gasteiger partial charge in [0.05, 0.1) is 7.11 Å². The molecule has 0 unspecified atom stereocenters. The van der Waals surface area contributed by atoms with Crippen LogP contribution in [0.1, 0.15) is 22.3 Å². The minimum atomic E-state index is -0.443. The lowest BCUT2D eigenvalue weighted by atomic mass is 10.0. The van der Waals surface area contributed by atoms with Crippen LogP contribution in [0.15, 0.2) is 54.6 Å². The summed E-state index contributed by atoms with van der Waals surface area (Å²) < 4.78 is 11.7. The molecule has 0 aromatic heterocycles. The molecular formula is C25H26N2O4S. The van der Waals surface area contributed by atoms with Crippen molar-refractivity contribution in [2.75, 3.05) is 21.2 Å². The van der Waals surface area contributed by atoms with E-state index in [1.807, 2.05) is 37.3 Å². The summed E-state index contributed by atoms with van der Waals surface area (Å²) in [5, 5.41) is 0.168. The standard InChI is InChI=1S/C25H26N2O4S/c1-6-7-19-12-18(13-20-23(28)26(3)25(32)27(4)24(20)29)14-21(30-5)22(19)31-15-17-10-8-16(2)9-11-17/h6,8-14H,1,7,15H2,2-5H3. The van der Waals surface area contributed by atoms with Gasteiger partial charge in [-0.3, -0.25) is 19.4 Å². The summed E-state index contributed by atoms with van der Waals surface area (Å²) in [5.41, 5.74) is 3.73. The Kier molecular flexibility index (Phi) is 7.10. The van der Waals surface area contributed by atoms with Crippen molar-refractivity contribution in [3.63, 3.8) is 0 Å². The molecular weight excluding hydrogens is 424 g/mol. The first-order chi connectivity index (χ1) is 15.3. The topological polar surface area (TPSA) is 59.1 Å². The average Bonchev–Trinajstić information content (AvgIpc) is 2.79. The summed E-state index contributed by atoms with van der Waals surface area (Å²) in [4.78, 5) is 27.9. The van der Waals surface area contributed by atoms with Crippen LogP contribution in [0.2, 0.25) is 0 Å². The summed E-state index contributed by atoms with van der Waals surface area (Å²) >= 11 is 5.15. The quantitative estimate of drug-likeness (QED) is 0.277. The number of carbonyl (C=O) groups excluding carboxylic acids is 2. The van der Waals surface area contributed by atoms with Crippen molar-refractivity contribution in [2.24, 2.45) is 0 Å². The highest BCUT2D eigenvalue weighted by Crippen LogP contribution is 2.35.